The van der Waals surface area contributed by atoms with E-state index >= 15 is 0 Å². The van der Waals surface area contributed by atoms with Gasteiger partial charge in [-0.1, -0.05) is 22.5 Å². The summed E-state index contributed by atoms with van der Waals surface area (Å²) in [7, 11) is 0. The number of aliphatic hydroxyl groups excluding tert-OH is 1. The predicted molar refractivity (Wildman–Crippen MR) is 74.3 cm³/mol. The maximum Gasteiger partial charge on any atom is 0.129 e. The molecule has 1 atom stereocenters. The molecule has 4 heteroatoms. The van der Waals surface area contributed by atoms with Crippen LogP contribution in [0.2, 0.25) is 0 Å². The third kappa shape index (κ3) is 3.06. The Morgan fingerprint density at radius 2 is 2.33 bits per heavy atom. The summed E-state index contributed by atoms with van der Waals surface area (Å²) in [6.45, 7) is 8.05. The van der Waals surface area contributed by atoms with Gasteiger partial charge in [-0.25, -0.2) is 0 Å². The maximum absolute atomic E-state index is 10.1. The fraction of sp³-hybridized carbons (Fsp3) is 0.429. The maximum atomic E-state index is 10.1. The summed E-state index contributed by atoms with van der Waals surface area (Å²) in [6.07, 6.45) is 0.113. The van der Waals surface area contributed by atoms with Crippen LogP contribution < -0.4 is 9.47 Å². The molecule has 1 N–H and O–H groups in total. The summed E-state index contributed by atoms with van der Waals surface area (Å²) < 4.78 is 12.2. The van der Waals surface area contributed by atoms with Crippen LogP contribution in [0, 0.1) is 0 Å². The van der Waals surface area contributed by atoms with Crippen LogP contribution >= 0.6 is 15.9 Å². The van der Waals surface area contributed by atoms with E-state index in [1.54, 1.807) is 0 Å². The Kier molecular flexibility index (Phi) is 3.69. The van der Waals surface area contributed by atoms with Gasteiger partial charge >= 0.3 is 0 Å². The van der Waals surface area contributed by atoms with Crippen LogP contribution in [0.4, 0.5) is 0 Å². The minimum absolute atomic E-state index is 0.357. The first-order valence-corrected chi connectivity index (χ1v) is 6.64. The van der Waals surface area contributed by atoms with Crippen molar-refractivity contribution in [1.82, 2.24) is 0 Å². The van der Waals surface area contributed by atoms with Gasteiger partial charge in [0, 0.05) is 22.5 Å². The Balaban J connectivity index is 2.23. The molecule has 2 rings (SSSR count). The Labute approximate surface area is 116 Å². The number of rotatable bonds is 3. The van der Waals surface area contributed by atoms with Gasteiger partial charge in [-0.2, -0.15) is 0 Å². The molecule has 1 aromatic rings. The molecule has 98 valence electrons. The topological polar surface area (TPSA) is 38.7 Å². The van der Waals surface area contributed by atoms with Crippen LogP contribution in [0.3, 0.4) is 0 Å². The molecule has 1 aromatic carbocycles. The summed E-state index contributed by atoms with van der Waals surface area (Å²) in [5.74, 6) is 1.40. The van der Waals surface area contributed by atoms with Gasteiger partial charge in [0.1, 0.15) is 23.7 Å². The molecule has 0 saturated carbocycles. The molecule has 1 heterocycles. The second-order valence-corrected chi connectivity index (χ2v) is 6.21. The number of ether oxygens (including phenoxy) is 2. The largest absolute Gasteiger partial charge is 0.488 e. The normalized spacial score (nSPS) is 20.8. The molecule has 0 amide bonds. The SMILES string of the molecule is C=C(Br)COc1ccc2c(c1)OC(C)(C)CC2O. The van der Waals surface area contributed by atoms with Crippen molar-refractivity contribution in [3.05, 3.63) is 34.8 Å². The van der Waals surface area contributed by atoms with Crippen molar-refractivity contribution < 1.29 is 14.6 Å². The number of fused-ring (bicyclic) bond motifs is 1. The van der Waals surface area contributed by atoms with Gasteiger partial charge in [-0.15, -0.1) is 0 Å². The van der Waals surface area contributed by atoms with Crippen molar-refractivity contribution in [2.75, 3.05) is 6.61 Å². The van der Waals surface area contributed by atoms with Crippen molar-refractivity contribution in [2.24, 2.45) is 0 Å². The van der Waals surface area contributed by atoms with Gasteiger partial charge in [-0.05, 0) is 26.0 Å². The second-order valence-electron chi connectivity index (χ2n) is 5.09. The number of aliphatic hydroxyl groups is 1. The van der Waals surface area contributed by atoms with Crippen molar-refractivity contribution in [3.8, 4) is 11.5 Å². The number of halogens is 1. The lowest BCUT2D eigenvalue weighted by molar-refractivity contribution is 0.0113. The molecule has 3 nitrogen and oxygen atoms in total. The van der Waals surface area contributed by atoms with Crippen LogP contribution in [0.25, 0.3) is 0 Å². The van der Waals surface area contributed by atoms with E-state index in [-0.39, 0.29) is 5.60 Å². The minimum Gasteiger partial charge on any atom is -0.488 e. The quantitative estimate of drug-likeness (QED) is 0.927. The molecule has 0 radical (unpaired) electrons. The molecule has 0 aromatic heterocycles. The fourth-order valence-electron chi connectivity index (χ4n) is 2.04. The Morgan fingerprint density at radius 3 is 3.00 bits per heavy atom. The third-order valence-electron chi connectivity index (χ3n) is 2.81. The summed E-state index contributed by atoms with van der Waals surface area (Å²) in [5.41, 5.74) is 0.462. The number of benzene rings is 1. The molecular formula is C14H17BrO3. The molecule has 0 saturated heterocycles. The van der Waals surface area contributed by atoms with Gasteiger partial charge in [0.15, 0.2) is 0 Å². The lowest BCUT2D eigenvalue weighted by atomic mass is 9.92. The minimum atomic E-state index is -0.482. The van der Waals surface area contributed by atoms with Gasteiger partial charge in [0.25, 0.3) is 0 Å². The Bertz CT molecular complexity index is 468. The standard InChI is InChI=1S/C14H17BrO3/c1-9(15)8-17-10-4-5-11-12(16)7-14(2,3)18-13(11)6-10/h4-6,12,16H,1,7-8H2,2-3H3. The van der Waals surface area contributed by atoms with E-state index in [2.05, 4.69) is 22.5 Å². The highest BCUT2D eigenvalue weighted by Gasteiger charge is 2.32. The van der Waals surface area contributed by atoms with Crippen molar-refractivity contribution >= 4 is 15.9 Å². The zero-order valence-electron chi connectivity index (χ0n) is 10.6. The summed E-state index contributed by atoms with van der Waals surface area (Å²) in [4.78, 5) is 0. The lowest BCUT2D eigenvalue weighted by Gasteiger charge is -2.35. The molecule has 18 heavy (non-hydrogen) atoms. The van der Waals surface area contributed by atoms with Crippen molar-refractivity contribution in [2.45, 2.75) is 32.0 Å². The Morgan fingerprint density at radius 1 is 1.61 bits per heavy atom. The van der Waals surface area contributed by atoms with Crippen molar-refractivity contribution in [3.63, 3.8) is 0 Å². The lowest BCUT2D eigenvalue weighted by Crippen LogP contribution is -2.34. The number of hydrogen-bond donors (Lipinski definition) is 1. The first kappa shape index (κ1) is 13.4. The van der Waals surface area contributed by atoms with E-state index in [1.165, 1.54) is 0 Å². The molecule has 1 aliphatic heterocycles. The van der Waals surface area contributed by atoms with Crippen LogP contribution in [0.5, 0.6) is 11.5 Å². The van der Waals surface area contributed by atoms with Crippen LogP contribution in [-0.2, 0) is 0 Å². The van der Waals surface area contributed by atoms with Crippen molar-refractivity contribution in [1.29, 1.82) is 0 Å². The highest BCUT2D eigenvalue weighted by atomic mass is 79.9. The monoisotopic (exact) mass is 312 g/mol. The molecule has 1 unspecified atom stereocenters. The molecule has 0 fully saturated rings. The highest BCUT2D eigenvalue weighted by molar-refractivity contribution is 9.11. The summed E-state index contributed by atoms with van der Waals surface area (Å²) in [5, 5.41) is 10.1. The smallest absolute Gasteiger partial charge is 0.129 e. The molecular weight excluding hydrogens is 296 g/mol. The fourth-order valence-corrected chi connectivity index (χ4v) is 2.16. The van der Waals surface area contributed by atoms with E-state index in [4.69, 9.17) is 9.47 Å². The highest BCUT2D eigenvalue weighted by Crippen LogP contribution is 2.41. The number of hydrogen-bond acceptors (Lipinski definition) is 3. The average molecular weight is 313 g/mol. The summed E-state index contributed by atoms with van der Waals surface area (Å²) in [6, 6.07) is 5.50. The zero-order chi connectivity index (χ0) is 13.3. The molecule has 1 aliphatic rings. The zero-order valence-corrected chi connectivity index (χ0v) is 12.2. The van der Waals surface area contributed by atoms with Gasteiger partial charge in [-0.3, -0.25) is 0 Å². The van der Waals surface area contributed by atoms with Crippen LogP contribution in [0.15, 0.2) is 29.3 Å². The van der Waals surface area contributed by atoms with E-state index in [1.807, 2.05) is 32.0 Å². The average Bonchev–Trinajstić information content (AvgIpc) is 2.24. The van der Waals surface area contributed by atoms with Gasteiger partial charge in [0.2, 0.25) is 0 Å². The van der Waals surface area contributed by atoms with Gasteiger partial charge < -0.3 is 14.6 Å². The summed E-state index contributed by atoms with van der Waals surface area (Å²) >= 11 is 3.24. The van der Waals surface area contributed by atoms with Crippen LogP contribution in [0.1, 0.15) is 31.9 Å². The van der Waals surface area contributed by atoms with E-state index < -0.39 is 6.10 Å². The van der Waals surface area contributed by atoms with E-state index in [0.29, 0.717) is 24.5 Å². The van der Waals surface area contributed by atoms with E-state index in [0.717, 1.165) is 10.0 Å². The third-order valence-corrected chi connectivity index (χ3v) is 3.04. The van der Waals surface area contributed by atoms with Crippen LogP contribution in [-0.4, -0.2) is 17.3 Å². The Hall–Kier alpha value is -1.00. The first-order chi connectivity index (χ1) is 8.37. The van der Waals surface area contributed by atoms with Gasteiger partial charge in [0.05, 0.1) is 6.10 Å². The predicted octanol–water partition coefficient (Wildman–Crippen LogP) is 3.57. The molecule has 0 spiro atoms. The van der Waals surface area contributed by atoms with E-state index in [9.17, 15) is 5.11 Å². The molecule has 0 aliphatic carbocycles. The molecule has 0 bridgehead atoms. The first-order valence-electron chi connectivity index (χ1n) is 5.84. The second kappa shape index (κ2) is 4.94.